The van der Waals surface area contributed by atoms with E-state index in [1.165, 1.54) is 7.11 Å². The van der Waals surface area contributed by atoms with Crippen LogP contribution in [0, 0.1) is 0 Å². The number of methoxy groups -OCH3 is 1. The molecule has 1 heterocycles. The van der Waals surface area contributed by atoms with E-state index in [0.717, 1.165) is 17.8 Å². The maximum Gasteiger partial charge on any atom is 0.348 e. The minimum absolute atomic E-state index is 0.285. The third kappa shape index (κ3) is 3.85. The van der Waals surface area contributed by atoms with Gasteiger partial charge in [0.1, 0.15) is 10.6 Å². The summed E-state index contributed by atoms with van der Waals surface area (Å²) in [5.74, 6) is -0.106. The SMILES string of the molecule is CCCOc1ccccc1NC(=O)c1ccc(C(=O)OC)s1. The zero-order chi connectivity index (χ0) is 15.9. The zero-order valence-corrected chi connectivity index (χ0v) is 13.2. The summed E-state index contributed by atoms with van der Waals surface area (Å²) in [4.78, 5) is 24.5. The standard InChI is InChI=1S/C16H17NO4S/c1-3-10-21-12-7-5-4-6-11(12)17-15(18)13-8-9-14(22-13)16(19)20-2/h4-9H,3,10H2,1-2H3,(H,17,18). The molecule has 0 atom stereocenters. The molecule has 0 saturated carbocycles. The van der Waals surface area contributed by atoms with E-state index in [1.807, 2.05) is 19.1 Å². The van der Waals surface area contributed by atoms with Crippen molar-refractivity contribution in [3.05, 3.63) is 46.2 Å². The van der Waals surface area contributed by atoms with Crippen molar-refractivity contribution in [3.8, 4) is 5.75 Å². The number of ether oxygens (including phenoxy) is 2. The van der Waals surface area contributed by atoms with E-state index in [0.29, 0.717) is 27.8 Å². The smallest absolute Gasteiger partial charge is 0.348 e. The number of benzene rings is 1. The van der Waals surface area contributed by atoms with Crippen molar-refractivity contribution in [1.82, 2.24) is 0 Å². The molecule has 6 heteroatoms. The van der Waals surface area contributed by atoms with Crippen LogP contribution in [0.3, 0.4) is 0 Å². The van der Waals surface area contributed by atoms with Crippen molar-refractivity contribution in [2.75, 3.05) is 19.0 Å². The van der Waals surface area contributed by atoms with Gasteiger partial charge in [0.05, 0.1) is 24.3 Å². The van der Waals surface area contributed by atoms with Gasteiger partial charge in [0.25, 0.3) is 5.91 Å². The van der Waals surface area contributed by atoms with Crippen molar-refractivity contribution in [1.29, 1.82) is 0 Å². The molecule has 0 aliphatic carbocycles. The molecule has 116 valence electrons. The molecule has 0 radical (unpaired) electrons. The zero-order valence-electron chi connectivity index (χ0n) is 12.4. The lowest BCUT2D eigenvalue weighted by Crippen LogP contribution is -2.11. The average Bonchev–Trinajstić information content (AvgIpc) is 3.03. The second-order valence-electron chi connectivity index (χ2n) is 4.45. The molecule has 0 bridgehead atoms. The Morgan fingerprint density at radius 1 is 1.14 bits per heavy atom. The molecule has 1 aromatic carbocycles. The number of amides is 1. The van der Waals surface area contributed by atoms with Gasteiger partial charge in [0.2, 0.25) is 0 Å². The number of hydrogen-bond acceptors (Lipinski definition) is 5. The number of hydrogen-bond donors (Lipinski definition) is 1. The molecule has 0 unspecified atom stereocenters. The molecule has 0 spiro atoms. The molecule has 1 amide bonds. The molecule has 0 fully saturated rings. The fourth-order valence-corrected chi connectivity index (χ4v) is 2.58. The van der Waals surface area contributed by atoms with E-state index in [4.69, 9.17) is 4.74 Å². The maximum atomic E-state index is 12.3. The Hall–Kier alpha value is -2.34. The lowest BCUT2D eigenvalue weighted by Gasteiger charge is -2.11. The molecule has 0 aliphatic heterocycles. The first-order valence-electron chi connectivity index (χ1n) is 6.87. The van der Waals surface area contributed by atoms with Crippen LogP contribution in [-0.2, 0) is 4.74 Å². The van der Waals surface area contributed by atoms with Crippen molar-refractivity contribution in [3.63, 3.8) is 0 Å². The molecule has 0 aliphatic rings. The molecule has 1 aromatic heterocycles. The second kappa shape index (κ2) is 7.61. The topological polar surface area (TPSA) is 64.6 Å². The van der Waals surface area contributed by atoms with Gasteiger partial charge in [-0.15, -0.1) is 11.3 Å². The highest BCUT2D eigenvalue weighted by Gasteiger charge is 2.15. The number of para-hydroxylation sites is 2. The number of thiophene rings is 1. The fraction of sp³-hybridized carbons (Fsp3) is 0.250. The average molecular weight is 319 g/mol. The highest BCUT2D eigenvalue weighted by Crippen LogP contribution is 2.26. The van der Waals surface area contributed by atoms with E-state index in [1.54, 1.807) is 24.3 Å². The van der Waals surface area contributed by atoms with E-state index in [9.17, 15) is 9.59 Å². The number of carbonyl (C=O) groups is 2. The Balaban J connectivity index is 2.12. The van der Waals surface area contributed by atoms with Crippen molar-refractivity contribution >= 4 is 28.9 Å². The van der Waals surface area contributed by atoms with Gasteiger partial charge in [0.15, 0.2) is 0 Å². The summed E-state index contributed by atoms with van der Waals surface area (Å²) in [5, 5.41) is 2.80. The highest BCUT2D eigenvalue weighted by molar-refractivity contribution is 7.16. The Bertz CT molecular complexity index is 666. The van der Waals surface area contributed by atoms with Gasteiger partial charge < -0.3 is 14.8 Å². The molecule has 0 saturated heterocycles. The van der Waals surface area contributed by atoms with E-state index in [-0.39, 0.29) is 5.91 Å². The van der Waals surface area contributed by atoms with Crippen LogP contribution in [0.4, 0.5) is 5.69 Å². The Kier molecular flexibility index (Phi) is 5.55. The summed E-state index contributed by atoms with van der Waals surface area (Å²) in [5.41, 5.74) is 0.606. The summed E-state index contributed by atoms with van der Waals surface area (Å²) in [7, 11) is 1.31. The Morgan fingerprint density at radius 3 is 2.59 bits per heavy atom. The van der Waals surface area contributed by atoms with Crippen LogP contribution >= 0.6 is 11.3 Å². The molecular weight excluding hydrogens is 302 g/mol. The minimum atomic E-state index is -0.448. The summed E-state index contributed by atoms with van der Waals surface area (Å²) in [6.45, 7) is 2.60. The van der Waals surface area contributed by atoms with Gasteiger partial charge in [-0.1, -0.05) is 19.1 Å². The van der Waals surface area contributed by atoms with E-state index >= 15 is 0 Å². The van der Waals surface area contributed by atoms with Crippen LogP contribution in [0.25, 0.3) is 0 Å². The highest BCUT2D eigenvalue weighted by atomic mass is 32.1. The number of nitrogens with one attached hydrogen (secondary N) is 1. The van der Waals surface area contributed by atoms with Crippen LogP contribution in [0.1, 0.15) is 32.7 Å². The van der Waals surface area contributed by atoms with Crippen molar-refractivity contribution in [2.24, 2.45) is 0 Å². The van der Waals surface area contributed by atoms with E-state index < -0.39 is 5.97 Å². The molecule has 22 heavy (non-hydrogen) atoms. The Morgan fingerprint density at radius 2 is 1.86 bits per heavy atom. The maximum absolute atomic E-state index is 12.3. The van der Waals surface area contributed by atoms with Crippen LogP contribution in [0.5, 0.6) is 5.75 Å². The molecule has 2 aromatic rings. The van der Waals surface area contributed by atoms with Crippen LogP contribution in [0.15, 0.2) is 36.4 Å². The summed E-state index contributed by atoms with van der Waals surface area (Å²) in [6, 6.07) is 10.4. The minimum Gasteiger partial charge on any atom is -0.491 e. The van der Waals surface area contributed by atoms with E-state index in [2.05, 4.69) is 10.1 Å². The normalized spacial score (nSPS) is 10.1. The van der Waals surface area contributed by atoms with Gasteiger partial charge in [-0.05, 0) is 30.7 Å². The lowest BCUT2D eigenvalue weighted by molar-refractivity contribution is 0.0606. The van der Waals surface area contributed by atoms with Crippen molar-refractivity contribution in [2.45, 2.75) is 13.3 Å². The predicted octanol–water partition coefficient (Wildman–Crippen LogP) is 3.58. The predicted molar refractivity (Wildman–Crippen MR) is 85.8 cm³/mol. The monoisotopic (exact) mass is 319 g/mol. The number of esters is 1. The summed E-state index contributed by atoms with van der Waals surface area (Å²) < 4.78 is 10.2. The first-order valence-corrected chi connectivity index (χ1v) is 7.68. The molecule has 2 rings (SSSR count). The molecular formula is C16H17NO4S. The third-order valence-electron chi connectivity index (χ3n) is 2.81. The van der Waals surface area contributed by atoms with Gasteiger partial charge in [-0.3, -0.25) is 4.79 Å². The van der Waals surface area contributed by atoms with Crippen LogP contribution in [-0.4, -0.2) is 25.6 Å². The number of carbonyl (C=O) groups excluding carboxylic acids is 2. The third-order valence-corrected chi connectivity index (χ3v) is 3.88. The van der Waals surface area contributed by atoms with Crippen molar-refractivity contribution < 1.29 is 19.1 Å². The molecule has 5 nitrogen and oxygen atoms in total. The Labute approximate surface area is 132 Å². The number of anilines is 1. The van der Waals surface area contributed by atoms with Crippen LogP contribution in [0.2, 0.25) is 0 Å². The quantitative estimate of drug-likeness (QED) is 0.827. The van der Waals surface area contributed by atoms with Gasteiger partial charge in [-0.25, -0.2) is 4.79 Å². The summed E-state index contributed by atoms with van der Waals surface area (Å²) in [6.07, 6.45) is 0.885. The van der Waals surface area contributed by atoms with Gasteiger partial charge >= 0.3 is 5.97 Å². The lowest BCUT2D eigenvalue weighted by atomic mass is 10.3. The fourth-order valence-electron chi connectivity index (χ4n) is 1.76. The second-order valence-corrected chi connectivity index (χ2v) is 5.54. The van der Waals surface area contributed by atoms with Crippen LogP contribution < -0.4 is 10.1 Å². The first kappa shape index (κ1) is 16.0. The number of rotatable bonds is 6. The first-order chi connectivity index (χ1) is 10.7. The van der Waals surface area contributed by atoms with Gasteiger partial charge in [0, 0.05) is 0 Å². The van der Waals surface area contributed by atoms with Gasteiger partial charge in [-0.2, -0.15) is 0 Å². The largest absolute Gasteiger partial charge is 0.491 e. The molecule has 1 N–H and O–H groups in total. The summed E-state index contributed by atoms with van der Waals surface area (Å²) >= 11 is 1.09.